The molecule has 0 aliphatic rings. The molecule has 0 saturated carbocycles. The Hall–Kier alpha value is -1.66. The van der Waals surface area contributed by atoms with Crippen LogP contribution in [0, 0.1) is 5.82 Å². The van der Waals surface area contributed by atoms with E-state index >= 15 is 0 Å². The van der Waals surface area contributed by atoms with Gasteiger partial charge >= 0.3 is 5.97 Å². The molecule has 0 amide bonds. The number of aliphatic hydroxyl groups excluding tert-OH is 1. The van der Waals surface area contributed by atoms with Crippen molar-refractivity contribution in [3.8, 4) is 5.75 Å². The van der Waals surface area contributed by atoms with Crippen LogP contribution >= 0.6 is 0 Å². The summed E-state index contributed by atoms with van der Waals surface area (Å²) in [7, 11) is 2.58. The first-order chi connectivity index (χ1) is 8.49. The van der Waals surface area contributed by atoms with Crippen molar-refractivity contribution >= 4 is 5.97 Å². The quantitative estimate of drug-likeness (QED) is 0.761. The van der Waals surface area contributed by atoms with Crippen molar-refractivity contribution in [1.29, 1.82) is 0 Å². The van der Waals surface area contributed by atoms with E-state index in [-0.39, 0.29) is 17.7 Å². The van der Waals surface area contributed by atoms with Crippen LogP contribution in [0.2, 0.25) is 0 Å². The van der Waals surface area contributed by atoms with Crippen molar-refractivity contribution in [2.45, 2.75) is 18.6 Å². The highest BCUT2D eigenvalue weighted by Crippen LogP contribution is 2.24. The second kappa shape index (κ2) is 6.32. The van der Waals surface area contributed by atoms with Gasteiger partial charge in [0.25, 0.3) is 0 Å². The second-order valence-electron chi connectivity index (χ2n) is 3.78. The summed E-state index contributed by atoms with van der Waals surface area (Å²) in [6, 6.07) is 3.15. The first-order valence-electron chi connectivity index (χ1n) is 5.33. The molecule has 3 N–H and O–H groups in total. The molecule has 2 unspecified atom stereocenters. The molecule has 1 aromatic rings. The van der Waals surface area contributed by atoms with E-state index in [1.165, 1.54) is 26.4 Å². The van der Waals surface area contributed by atoms with Crippen molar-refractivity contribution in [2.24, 2.45) is 5.73 Å². The molecule has 1 rings (SSSR count). The normalized spacial score (nSPS) is 13.8. The summed E-state index contributed by atoms with van der Waals surface area (Å²) in [4.78, 5) is 11.0. The summed E-state index contributed by atoms with van der Waals surface area (Å²) in [5, 5.41) is 9.88. The molecule has 0 aromatic heterocycles. The Kier molecular flexibility index (Phi) is 5.06. The molecule has 0 aliphatic carbocycles. The van der Waals surface area contributed by atoms with Gasteiger partial charge in [-0.25, -0.2) is 4.39 Å². The fraction of sp³-hybridized carbons (Fsp3) is 0.417. The van der Waals surface area contributed by atoms with Crippen molar-refractivity contribution in [3.63, 3.8) is 0 Å². The highest BCUT2D eigenvalue weighted by Gasteiger charge is 2.21. The standard InChI is InChI=1S/C12H16FNO4/c1-17-10-4-3-7(5-8(10)13)12(16)9(14)6-11(15)18-2/h3-5,9,12,16H,6,14H2,1-2H3. The van der Waals surface area contributed by atoms with E-state index in [2.05, 4.69) is 4.74 Å². The number of benzene rings is 1. The third-order valence-electron chi connectivity index (χ3n) is 2.55. The Morgan fingerprint density at radius 3 is 2.67 bits per heavy atom. The lowest BCUT2D eigenvalue weighted by Crippen LogP contribution is -2.31. The number of ether oxygens (including phenoxy) is 2. The van der Waals surface area contributed by atoms with E-state index in [1.807, 2.05) is 0 Å². The van der Waals surface area contributed by atoms with Crippen LogP contribution in [-0.4, -0.2) is 31.3 Å². The number of carbonyl (C=O) groups is 1. The molecule has 100 valence electrons. The van der Waals surface area contributed by atoms with Gasteiger partial charge in [-0.05, 0) is 17.7 Å². The maximum Gasteiger partial charge on any atom is 0.307 e. The number of methoxy groups -OCH3 is 2. The summed E-state index contributed by atoms with van der Waals surface area (Å²) in [5.74, 6) is -1.05. The molecule has 5 nitrogen and oxygen atoms in total. The SMILES string of the molecule is COC(=O)CC(N)C(O)c1ccc(OC)c(F)c1. The molecule has 18 heavy (non-hydrogen) atoms. The van der Waals surface area contributed by atoms with Crippen LogP contribution in [0.3, 0.4) is 0 Å². The van der Waals surface area contributed by atoms with E-state index in [4.69, 9.17) is 10.5 Å². The predicted octanol–water partition coefficient (Wildman–Crippen LogP) is 0.758. The van der Waals surface area contributed by atoms with E-state index in [0.29, 0.717) is 0 Å². The van der Waals surface area contributed by atoms with Crippen LogP contribution in [-0.2, 0) is 9.53 Å². The van der Waals surface area contributed by atoms with Gasteiger partial charge in [0.05, 0.1) is 26.7 Å². The minimum Gasteiger partial charge on any atom is -0.494 e. The molecule has 0 heterocycles. The average Bonchev–Trinajstić information content (AvgIpc) is 2.37. The monoisotopic (exact) mass is 257 g/mol. The number of halogens is 1. The summed E-state index contributed by atoms with van der Waals surface area (Å²) in [6.07, 6.45) is -1.30. The van der Waals surface area contributed by atoms with Gasteiger partial charge in [-0.15, -0.1) is 0 Å². The number of hydrogen-bond acceptors (Lipinski definition) is 5. The predicted molar refractivity (Wildman–Crippen MR) is 62.5 cm³/mol. The van der Waals surface area contributed by atoms with E-state index in [0.717, 1.165) is 6.07 Å². The Labute approximate surface area is 104 Å². The summed E-state index contributed by atoms with van der Waals surface area (Å²) >= 11 is 0. The third kappa shape index (κ3) is 3.41. The van der Waals surface area contributed by atoms with Crippen molar-refractivity contribution in [1.82, 2.24) is 0 Å². The molecule has 1 aromatic carbocycles. The molecule has 0 fully saturated rings. The molecule has 2 atom stereocenters. The van der Waals surface area contributed by atoms with Crippen molar-refractivity contribution < 1.29 is 23.8 Å². The van der Waals surface area contributed by atoms with Crippen LogP contribution in [0.25, 0.3) is 0 Å². The van der Waals surface area contributed by atoms with Crippen LogP contribution in [0.4, 0.5) is 4.39 Å². The van der Waals surface area contributed by atoms with Gasteiger partial charge in [0.1, 0.15) is 0 Å². The number of aliphatic hydroxyl groups is 1. The lowest BCUT2D eigenvalue weighted by molar-refractivity contribution is -0.141. The maximum absolute atomic E-state index is 13.4. The van der Waals surface area contributed by atoms with Gasteiger partial charge in [0.2, 0.25) is 0 Å². The van der Waals surface area contributed by atoms with Crippen LogP contribution in [0.5, 0.6) is 5.75 Å². The van der Waals surface area contributed by atoms with Crippen LogP contribution in [0.1, 0.15) is 18.1 Å². The summed E-state index contributed by atoms with van der Waals surface area (Å²) < 4.78 is 22.6. The lowest BCUT2D eigenvalue weighted by atomic mass is 10.0. The van der Waals surface area contributed by atoms with Gasteiger partial charge in [0.15, 0.2) is 11.6 Å². The summed E-state index contributed by atoms with van der Waals surface area (Å²) in [6.45, 7) is 0. The van der Waals surface area contributed by atoms with Crippen LogP contribution < -0.4 is 10.5 Å². The lowest BCUT2D eigenvalue weighted by Gasteiger charge is -2.18. The van der Waals surface area contributed by atoms with Gasteiger partial charge in [0, 0.05) is 6.04 Å². The number of esters is 1. The second-order valence-corrected chi connectivity index (χ2v) is 3.78. The first-order valence-corrected chi connectivity index (χ1v) is 5.33. The molecular formula is C12H16FNO4. The topological polar surface area (TPSA) is 81.8 Å². The zero-order valence-electron chi connectivity index (χ0n) is 10.2. The zero-order chi connectivity index (χ0) is 13.7. The maximum atomic E-state index is 13.4. The number of rotatable bonds is 5. The third-order valence-corrected chi connectivity index (χ3v) is 2.55. The summed E-state index contributed by atoms with van der Waals surface area (Å²) in [5.41, 5.74) is 5.92. The minimum absolute atomic E-state index is 0.0764. The highest BCUT2D eigenvalue weighted by molar-refractivity contribution is 5.70. The zero-order valence-corrected chi connectivity index (χ0v) is 10.2. The minimum atomic E-state index is -1.15. The number of nitrogens with two attached hydrogens (primary N) is 1. The van der Waals surface area contributed by atoms with E-state index in [9.17, 15) is 14.3 Å². The molecule has 0 saturated heterocycles. The van der Waals surface area contributed by atoms with E-state index in [1.54, 1.807) is 0 Å². The Morgan fingerprint density at radius 2 is 2.17 bits per heavy atom. The van der Waals surface area contributed by atoms with Crippen molar-refractivity contribution in [3.05, 3.63) is 29.6 Å². The average molecular weight is 257 g/mol. The molecule has 0 radical (unpaired) electrons. The van der Waals surface area contributed by atoms with E-state index < -0.39 is 23.9 Å². The van der Waals surface area contributed by atoms with Gasteiger partial charge in [-0.3, -0.25) is 4.79 Å². The van der Waals surface area contributed by atoms with Gasteiger partial charge in [-0.2, -0.15) is 0 Å². The van der Waals surface area contributed by atoms with Crippen molar-refractivity contribution in [2.75, 3.05) is 14.2 Å². The molecule has 0 aliphatic heterocycles. The van der Waals surface area contributed by atoms with Gasteiger partial charge in [-0.1, -0.05) is 6.07 Å². The molecule has 0 bridgehead atoms. The van der Waals surface area contributed by atoms with Gasteiger partial charge < -0.3 is 20.3 Å². The first kappa shape index (κ1) is 14.4. The number of carbonyl (C=O) groups excluding carboxylic acids is 1. The largest absolute Gasteiger partial charge is 0.494 e. The Morgan fingerprint density at radius 1 is 1.50 bits per heavy atom. The highest BCUT2D eigenvalue weighted by atomic mass is 19.1. The smallest absolute Gasteiger partial charge is 0.307 e. The number of hydrogen-bond donors (Lipinski definition) is 2. The molecule has 6 heteroatoms. The Balaban J connectivity index is 2.80. The Bertz CT molecular complexity index is 425. The van der Waals surface area contributed by atoms with Crippen LogP contribution in [0.15, 0.2) is 18.2 Å². The fourth-order valence-corrected chi connectivity index (χ4v) is 1.50. The fourth-order valence-electron chi connectivity index (χ4n) is 1.50. The molecular weight excluding hydrogens is 241 g/mol. The molecule has 0 spiro atoms.